The number of para-hydroxylation sites is 1. The quantitative estimate of drug-likeness (QED) is 0.437. The minimum atomic E-state index is -0.647. The molecule has 0 saturated heterocycles. The highest BCUT2D eigenvalue weighted by molar-refractivity contribution is 5.91. The van der Waals surface area contributed by atoms with Crippen LogP contribution in [0.15, 0.2) is 36.4 Å². The monoisotopic (exact) mass is 406 g/mol. The third-order valence-electron chi connectivity index (χ3n) is 5.57. The first-order valence-electron chi connectivity index (χ1n) is 10.0. The van der Waals surface area contributed by atoms with Crippen LogP contribution in [0.25, 0.3) is 10.9 Å². The number of hydrogen-bond acceptors (Lipinski definition) is 5. The first kappa shape index (κ1) is 19.9. The summed E-state index contributed by atoms with van der Waals surface area (Å²) in [7, 11) is 0. The summed E-state index contributed by atoms with van der Waals surface area (Å²) in [4.78, 5) is 32.8. The summed E-state index contributed by atoms with van der Waals surface area (Å²) in [5.74, 6) is 0.0172. The van der Waals surface area contributed by atoms with Crippen molar-refractivity contribution in [2.24, 2.45) is 0 Å². The molecule has 0 aliphatic carbocycles. The number of nitrogen functional groups attached to an aromatic ring is 1. The summed E-state index contributed by atoms with van der Waals surface area (Å²) < 4.78 is 0. The molecule has 3 heterocycles. The zero-order valence-electron chi connectivity index (χ0n) is 17.1. The Labute approximate surface area is 174 Å². The lowest BCUT2D eigenvalue weighted by atomic mass is 9.98. The minimum Gasteiger partial charge on any atom is -0.384 e. The Kier molecular flexibility index (Phi) is 5.41. The third-order valence-corrected chi connectivity index (χ3v) is 5.57. The molecule has 0 fully saturated rings. The van der Waals surface area contributed by atoms with Crippen LogP contribution in [0.2, 0.25) is 0 Å². The topological polar surface area (TPSA) is 125 Å². The molecule has 1 aliphatic rings. The highest BCUT2D eigenvalue weighted by atomic mass is 16.2. The van der Waals surface area contributed by atoms with Crippen molar-refractivity contribution >= 4 is 28.5 Å². The Hall–Kier alpha value is -3.39. The smallest absolute Gasteiger partial charge is 0.242 e. The molecule has 8 heteroatoms. The standard InChI is InChI=1S/C22H26N6O2/c1-12-14(7-8-20(23)26-12)10-25-21(29)13(2)27-22(30)18-9-16-15-5-3-4-6-17(15)28-19(16)11-24-18/h3-8,13,18,24,28H,9-11H2,1-2H3,(H2,23,26)(H,25,29)(H,27,30)/t13-,18+/m0/s1. The molecule has 6 N–H and O–H groups in total. The number of aromatic nitrogens is 2. The third kappa shape index (κ3) is 3.99. The minimum absolute atomic E-state index is 0.182. The maximum atomic E-state index is 12.8. The van der Waals surface area contributed by atoms with Gasteiger partial charge in [-0.05, 0) is 43.5 Å². The van der Waals surface area contributed by atoms with Crippen molar-refractivity contribution < 1.29 is 9.59 Å². The zero-order chi connectivity index (χ0) is 21.3. The highest BCUT2D eigenvalue weighted by Crippen LogP contribution is 2.26. The number of benzene rings is 1. The molecule has 0 spiro atoms. The predicted octanol–water partition coefficient (Wildman–Crippen LogP) is 1.29. The summed E-state index contributed by atoms with van der Waals surface area (Å²) in [6.07, 6.45) is 0.579. The Morgan fingerprint density at radius 2 is 2.07 bits per heavy atom. The maximum absolute atomic E-state index is 12.8. The number of nitrogens with two attached hydrogens (primary N) is 1. The number of aromatic amines is 1. The average Bonchev–Trinajstić information content (AvgIpc) is 3.10. The molecule has 2 aromatic heterocycles. The molecule has 156 valence electrons. The summed E-state index contributed by atoms with van der Waals surface area (Å²) in [5, 5.41) is 10.1. The van der Waals surface area contributed by atoms with Gasteiger partial charge in [0.25, 0.3) is 0 Å². The van der Waals surface area contributed by atoms with Crippen molar-refractivity contribution in [3.63, 3.8) is 0 Å². The van der Waals surface area contributed by atoms with Gasteiger partial charge in [-0.3, -0.25) is 14.9 Å². The number of H-pyrrole nitrogens is 1. The Morgan fingerprint density at radius 1 is 1.27 bits per heavy atom. The summed E-state index contributed by atoms with van der Waals surface area (Å²) in [6.45, 7) is 4.45. The molecule has 30 heavy (non-hydrogen) atoms. The molecule has 2 amide bonds. The molecule has 0 bridgehead atoms. The fourth-order valence-corrected chi connectivity index (χ4v) is 3.84. The van der Waals surface area contributed by atoms with Crippen LogP contribution in [-0.2, 0) is 29.1 Å². The second kappa shape index (κ2) is 8.16. The van der Waals surface area contributed by atoms with E-state index in [0.717, 1.165) is 33.4 Å². The van der Waals surface area contributed by atoms with Crippen LogP contribution < -0.4 is 21.7 Å². The molecule has 0 unspecified atom stereocenters. The lowest BCUT2D eigenvalue weighted by Crippen LogP contribution is -2.53. The number of pyridine rings is 1. The number of carbonyl (C=O) groups excluding carboxylic acids is 2. The van der Waals surface area contributed by atoms with Gasteiger partial charge in [-0.25, -0.2) is 4.98 Å². The van der Waals surface area contributed by atoms with E-state index in [-0.39, 0.29) is 17.9 Å². The summed E-state index contributed by atoms with van der Waals surface area (Å²) in [5.41, 5.74) is 10.7. The lowest BCUT2D eigenvalue weighted by molar-refractivity contribution is -0.129. The van der Waals surface area contributed by atoms with Crippen molar-refractivity contribution in [2.45, 2.75) is 45.4 Å². The van der Waals surface area contributed by atoms with E-state index < -0.39 is 6.04 Å². The Bertz CT molecular complexity index is 1110. The molecule has 1 aliphatic heterocycles. The first-order chi connectivity index (χ1) is 14.4. The van der Waals surface area contributed by atoms with Gasteiger partial charge in [0.15, 0.2) is 0 Å². The number of amides is 2. The first-order valence-corrected chi connectivity index (χ1v) is 10.0. The van der Waals surface area contributed by atoms with Gasteiger partial charge in [-0.2, -0.15) is 0 Å². The van der Waals surface area contributed by atoms with Crippen LogP contribution >= 0.6 is 0 Å². The number of aryl methyl sites for hydroxylation is 1. The van der Waals surface area contributed by atoms with Crippen molar-refractivity contribution in [1.82, 2.24) is 25.9 Å². The van der Waals surface area contributed by atoms with E-state index in [1.54, 1.807) is 13.0 Å². The fraction of sp³-hybridized carbons (Fsp3) is 0.318. The van der Waals surface area contributed by atoms with Gasteiger partial charge in [0.05, 0.1) is 6.04 Å². The van der Waals surface area contributed by atoms with Crippen LogP contribution in [0, 0.1) is 6.92 Å². The fourth-order valence-electron chi connectivity index (χ4n) is 3.84. The van der Waals surface area contributed by atoms with Gasteiger partial charge in [0.1, 0.15) is 11.9 Å². The summed E-state index contributed by atoms with van der Waals surface area (Å²) in [6, 6.07) is 10.6. The van der Waals surface area contributed by atoms with Crippen molar-refractivity contribution in [3.05, 3.63) is 58.9 Å². The van der Waals surface area contributed by atoms with E-state index in [4.69, 9.17) is 5.73 Å². The SMILES string of the molecule is Cc1nc(N)ccc1CNC(=O)[C@H](C)NC(=O)[C@H]1Cc2c([nH]c3ccccc23)CN1. The summed E-state index contributed by atoms with van der Waals surface area (Å²) >= 11 is 0. The lowest BCUT2D eigenvalue weighted by Gasteiger charge is -2.25. The van der Waals surface area contributed by atoms with E-state index in [9.17, 15) is 9.59 Å². The largest absolute Gasteiger partial charge is 0.384 e. The van der Waals surface area contributed by atoms with Crippen LogP contribution in [0.1, 0.15) is 29.4 Å². The van der Waals surface area contributed by atoms with Crippen LogP contribution in [-0.4, -0.2) is 33.9 Å². The number of fused-ring (bicyclic) bond motifs is 3. The van der Waals surface area contributed by atoms with Crippen molar-refractivity contribution in [3.8, 4) is 0 Å². The normalized spacial score (nSPS) is 16.7. The van der Waals surface area contributed by atoms with Gasteiger partial charge < -0.3 is 21.4 Å². The molecule has 0 radical (unpaired) electrons. The van der Waals surface area contributed by atoms with Crippen LogP contribution in [0.3, 0.4) is 0 Å². The second-order valence-corrected chi connectivity index (χ2v) is 7.69. The number of anilines is 1. The zero-order valence-corrected chi connectivity index (χ0v) is 17.1. The van der Waals surface area contributed by atoms with E-state index in [2.05, 4.69) is 32.0 Å². The number of hydrogen-bond donors (Lipinski definition) is 5. The predicted molar refractivity (Wildman–Crippen MR) is 115 cm³/mol. The molecule has 2 atom stereocenters. The number of carbonyl (C=O) groups is 2. The van der Waals surface area contributed by atoms with Crippen molar-refractivity contribution in [2.75, 3.05) is 5.73 Å². The highest BCUT2D eigenvalue weighted by Gasteiger charge is 2.28. The van der Waals surface area contributed by atoms with Gasteiger partial charge in [-0.15, -0.1) is 0 Å². The average molecular weight is 406 g/mol. The van der Waals surface area contributed by atoms with E-state index >= 15 is 0 Å². The molecule has 3 aromatic rings. The molecule has 8 nitrogen and oxygen atoms in total. The number of rotatable bonds is 5. The number of nitrogens with zero attached hydrogens (tertiary/aromatic N) is 1. The molecule has 1 aromatic carbocycles. The van der Waals surface area contributed by atoms with Gasteiger partial charge >= 0.3 is 0 Å². The second-order valence-electron chi connectivity index (χ2n) is 7.69. The van der Waals surface area contributed by atoms with E-state index in [1.165, 1.54) is 0 Å². The molecular weight excluding hydrogens is 380 g/mol. The van der Waals surface area contributed by atoms with Gasteiger partial charge in [0, 0.05) is 35.4 Å². The van der Waals surface area contributed by atoms with Crippen LogP contribution in [0.5, 0.6) is 0 Å². The Morgan fingerprint density at radius 3 is 2.87 bits per heavy atom. The van der Waals surface area contributed by atoms with Gasteiger partial charge in [-0.1, -0.05) is 24.3 Å². The molecule has 4 rings (SSSR count). The maximum Gasteiger partial charge on any atom is 0.242 e. The van der Waals surface area contributed by atoms with Crippen molar-refractivity contribution in [1.29, 1.82) is 0 Å². The van der Waals surface area contributed by atoms with Crippen LogP contribution in [0.4, 0.5) is 5.82 Å². The Balaban J connectivity index is 1.34. The molecular formula is C22H26N6O2. The molecule has 0 saturated carbocycles. The van der Waals surface area contributed by atoms with Gasteiger partial charge in [0.2, 0.25) is 11.8 Å². The number of nitrogens with one attached hydrogen (secondary N) is 4. The van der Waals surface area contributed by atoms with E-state index in [1.807, 2.05) is 31.2 Å². The van der Waals surface area contributed by atoms with E-state index in [0.29, 0.717) is 25.3 Å².